The molecule has 0 aromatic carbocycles. The van der Waals surface area contributed by atoms with Crippen molar-refractivity contribution >= 4 is 0 Å². The molecule has 0 aromatic rings. The second-order valence-electron chi connectivity index (χ2n) is 7.28. The van der Waals surface area contributed by atoms with Gasteiger partial charge in [0.15, 0.2) is 0 Å². The predicted molar refractivity (Wildman–Crippen MR) is 92.8 cm³/mol. The summed E-state index contributed by atoms with van der Waals surface area (Å²) in [7, 11) is 4.62. The van der Waals surface area contributed by atoms with E-state index in [4.69, 9.17) is 0 Å². The number of likely N-dealkylation sites (N-methyl/N-ethyl adjacent to an activating group) is 2. The van der Waals surface area contributed by atoms with Crippen molar-refractivity contribution in [2.24, 2.45) is 0 Å². The first-order valence-electron chi connectivity index (χ1n) is 9.30. The molecule has 2 aliphatic rings. The molecule has 0 spiro atoms. The summed E-state index contributed by atoms with van der Waals surface area (Å²) in [5.41, 5.74) is 2.05. The van der Waals surface area contributed by atoms with Crippen molar-refractivity contribution in [1.29, 1.82) is 0 Å². The highest BCUT2D eigenvalue weighted by Crippen LogP contribution is 2.38. The zero-order valence-electron chi connectivity index (χ0n) is 14.6. The van der Waals surface area contributed by atoms with Gasteiger partial charge < -0.3 is 10.2 Å². The number of allylic oxidation sites excluding steroid dienone is 1. The second-order valence-corrected chi connectivity index (χ2v) is 7.28. The van der Waals surface area contributed by atoms with Crippen LogP contribution in [0.2, 0.25) is 0 Å². The summed E-state index contributed by atoms with van der Waals surface area (Å²) in [6.07, 6.45) is 17.7. The average molecular weight is 293 g/mol. The van der Waals surface area contributed by atoms with Crippen molar-refractivity contribution in [3.8, 4) is 0 Å². The summed E-state index contributed by atoms with van der Waals surface area (Å²) in [6, 6.07) is 0.564. The van der Waals surface area contributed by atoms with Gasteiger partial charge in [0.1, 0.15) is 0 Å². The molecule has 21 heavy (non-hydrogen) atoms. The highest BCUT2D eigenvalue weighted by atomic mass is 15.2. The van der Waals surface area contributed by atoms with E-state index in [-0.39, 0.29) is 0 Å². The van der Waals surface area contributed by atoms with E-state index >= 15 is 0 Å². The molecular formula is C19H36N2. The van der Waals surface area contributed by atoms with E-state index < -0.39 is 0 Å². The largest absolute Gasteiger partial charge is 0.309 e. The summed E-state index contributed by atoms with van der Waals surface area (Å²) in [4.78, 5) is 2.55. The van der Waals surface area contributed by atoms with Crippen LogP contribution in [0.25, 0.3) is 0 Å². The average Bonchev–Trinajstić information content (AvgIpc) is 2.88. The lowest BCUT2D eigenvalue weighted by molar-refractivity contribution is 0.0936. The van der Waals surface area contributed by atoms with Crippen LogP contribution >= 0.6 is 0 Å². The lowest BCUT2D eigenvalue weighted by Gasteiger charge is -2.47. The summed E-state index contributed by atoms with van der Waals surface area (Å²) in [5, 5.41) is 3.89. The van der Waals surface area contributed by atoms with Crippen molar-refractivity contribution in [2.75, 3.05) is 20.6 Å². The molecule has 0 radical (unpaired) electrons. The molecule has 2 heteroatoms. The Morgan fingerprint density at radius 2 is 1.71 bits per heavy atom. The molecule has 0 aliphatic heterocycles. The molecular weight excluding hydrogens is 256 g/mol. The van der Waals surface area contributed by atoms with E-state index in [1.165, 1.54) is 70.6 Å². The number of rotatable bonds is 5. The number of nitrogens with zero attached hydrogens (tertiary/aromatic N) is 1. The number of hydrogen-bond donors (Lipinski definition) is 1. The van der Waals surface area contributed by atoms with Gasteiger partial charge in [-0.1, -0.05) is 50.7 Å². The van der Waals surface area contributed by atoms with Crippen LogP contribution in [0.3, 0.4) is 0 Å². The molecule has 0 bridgehead atoms. The third-order valence-corrected chi connectivity index (χ3v) is 5.75. The quantitative estimate of drug-likeness (QED) is 0.592. The van der Waals surface area contributed by atoms with Crippen LogP contribution in [0.4, 0.5) is 0 Å². The van der Waals surface area contributed by atoms with Crippen LogP contribution in [0, 0.1) is 0 Å². The molecule has 2 rings (SSSR count). The Bertz CT molecular complexity index is 324. The molecule has 0 heterocycles. The molecule has 122 valence electrons. The molecule has 0 aromatic heterocycles. The van der Waals surface area contributed by atoms with Crippen molar-refractivity contribution in [2.45, 2.75) is 89.1 Å². The van der Waals surface area contributed by atoms with E-state index in [1.54, 1.807) is 5.57 Å². The second kappa shape index (κ2) is 8.33. The van der Waals surface area contributed by atoms with Gasteiger partial charge in [0.2, 0.25) is 0 Å². The van der Waals surface area contributed by atoms with Gasteiger partial charge in [-0.2, -0.15) is 0 Å². The first-order chi connectivity index (χ1) is 10.2. The van der Waals surface area contributed by atoms with Gasteiger partial charge in [-0.25, -0.2) is 0 Å². The topological polar surface area (TPSA) is 15.3 Å². The van der Waals surface area contributed by atoms with Crippen LogP contribution in [-0.4, -0.2) is 37.1 Å². The van der Waals surface area contributed by atoms with E-state index in [1.807, 2.05) is 0 Å². The fourth-order valence-electron chi connectivity index (χ4n) is 4.51. The molecule has 2 aliphatic carbocycles. The van der Waals surface area contributed by atoms with E-state index in [9.17, 15) is 0 Å². The monoisotopic (exact) mass is 292 g/mol. The molecule has 0 amide bonds. The summed E-state index contributed by atoms with van der Waals surface area (Å²) >= 11 is 0. The summed E-state index contributed by atoms with van der Waals surface area (Å²) in [6.45, 7) is 3.35. The Kier molecular flexibility index (Phi) is 6.75. The Morgan fingerprint density at radius 3 is 2.33 bits per heavy atom. The normalized spacial score (nSPS) is 25.0. The van der Waals surface area contributed by atoms with Crippen molar-refractivity contribution in [3.05, 3.63) is 11.6 Å². The lowest BCUT2D eigenvalue weighted by Crippen LogP contribution is -2.59. The van der Waals surface area contributed by atoms with Crippen LogP contribution < -0.4 is 5.32 Å². The predicted octanol–water partition coefficient (Wildman–Crippen LogP) is 4.51. The SMILES string of the molecule is CCNC(C1=CCCCCC1)C1(N(C)C)CCCCCC1. The van der Waals surface area contributed by atoms with Crippen LogP contribution in [0.15, 0.2) is 11.6 Å². The third-order valence-electron chi connectivity index (χ3n) is 5.75. The Labute approximate surface area is 132 Å². The fourth-order valence-corrected chi connectivity index (χ4v) is 4.51. The maximum Gasteiger partial charge on any atom is 0.0466 e. The summed E-state index contributed by atoms with van der Waals surface area (Å²) < 4.78 is 0. The highest BCUT2D eigenvalue weighted by molar-refractivity contribution is 5.21. The maximum atomic E-state index is 3.89. The van der Waals surface area contributed by atoms with Gasteiger partial charge in [0.25, 0.3) is 0 Å². The Morgan fingerprint density at radius 1 is 1.05 bits per heavy atom. The molecule has 1 N–H and O–H groups in total. The number of hydrogen-bond acceptors (Lipinski definition) is 2. The summed E-state index contributed by atoms with van der Waals surface area (Å²) in [5.74, 6) is 0. The van der Waals surface area contributed by atoms with Crippen LogP contribution in [-0.2, 0) is 0 Å². The van der Waals surface area contributed by atoms with Gasteiger partial charge in [-0.15, -0.1) is 0 Å². The van der Waals surface area contributed by atoms with Crippen LogP contribution in [0.5, 0.6) is 0 Å². The minimum Gasteiger partial charge on any atom is -0.309 e. The Balaban J connectivity index is 2.28. The number of nitrogens with one attached hydrogen (secondary N) is 1. The Hall–Kier alpha value is -0.340. The molecule has 1 fully saturated rings. The van der Waals surface area contributed by atoms with Gasteiger partial charge in [-0.3, -0.25) is 0 Å². The van der Waals surface area contributed by atoms with Crippen molar-refractivity contribution in [3.63, 3.8) is 0 Å². The standard InChI is InChI=1S/C19H36N2/c1-4-20-18(17-13-9-5-6-10-14-17)19(21(2)3)15-11-7-8-12-16-19/h13,18,20H,4-12,14-16H2,1-3H3. The van der Waals surface area contributed by atoms with Crippen LogP contribution in [0.1, 0.15) is 77.6 Å². The van der Waals surface area contributed by atoms with E-state index in [2.05, 4.69) is 37.3 Å². The third kappa shape index (κ3) is 4.10. The zero-order chi connectivity index (χ0) is 15.1. The smallest absolute Gasteiger partial charge is 0.0466 e. The minimum absolute atomic E-state index is 0.336. The van der Waals surface area contributed by atoms with E-state index in [0.717, 1.165) is 6.54 Å². The molecule has 1 atom stereocenters. The van der Waals surface area contributed by atoms with E-state index in [0.29, 0.717) is 11.6 Å². The van der Waals surface area contributed by atoms with Gasteiger partial charge in [-0.05, 0) is 59.2 Å². The first-order valence-corrected chi connectivity index (χ1v) is 9.30. The molecule has 1 saturated carbocycles. The van der Waals surface area contributed by atoms with Gasteiger partial charge in [0.05, 0.1) is 0 Å². The highest BCUT2D eigenvalue weighted by Gasteiger charge is 2.42. The lowest BCUT2D eigenvalue weighted by atomic mass is 9.76. The van der Waals surface area contributed by atoms with Gasteiger partial charge >= 0.3 is 0 Å². The molecule has 2 nitrogen and oxygen atoms in total. The minimum atomic E-state index is 0.336. The molecule has 1 unspecified atom stereocenters. The van der Waals surface area contributed by atoms with Crippen molar-refractivity contribution < 1.29 is 0 Å². The first kappa shape index (κ1) is 17.0. The molecule has 0 saturated heterocycles. The fraction of sp³-hybridized carbons (Fsp3) is 0.895. The maximum absolute atomic E-state index is 3.89. The van der Waals surface area contributed by atoms with Gasteiger partial charge in [0, 0.05) is 11.6 Å². The van der Waals surface area contributed by atoms with Crippen molar-refractivity contribution in [1.82, 2.24) is 10.2 Å². The zero-order valence-corrected chi connectivity index (χ0v) is 14.6.